The number of anilines is 1. The smallest absolute Gasteiger partial charge is 0.406 e. The lowest BCUT2D eigenvalue weighted by Crippen LogP contribution is -2.30. The zero-order valence-electron chi connectivity index (χ0n) is 15.7. The second kappa shape index (κ2) is 8.74. The van der Waals surface area contributed by atoms with E-state index in [1.54, 1.807) is 13.0 Å². The van der Waals surface area contributed by atoms with E-state index in [1.165, 1.54) is 22.8 Å². The molecule has 9 heteroatoms. The number of nitrogens with one attached hydrogen (secondary N) is 1. The number of rotatable bonds is 5. The molecule has 1 amide bonds. The zero-order valence-corrected chi connectivity index (χ0v) is 17.3. The van der Waals surface area contributed by atoms with Crippen LogP contribution in [-0.4, -0.2) is 16.8 Å². The molecular formula is C21H16BrF3N2O3. The van der Waals surface area contributed by atoms with Crippen LogP contribution in [0.5, 0.6) is 5.75 Å². The van der Waals surface area contributed by atoms with E-state index < -0.39 is 23.6 Å². The van der Waals surface area contributed by atoms with Crippen molar-refractivity contribution in [3.8, 4) is 5.75 Å². The van der Waals surface area contributed by atoms with E-state index >= 15 is 0 Å². The summed E-state index contributed by atoms with van der Waals surface area (Å²) in [4.78, 5) is 25.4. The van der Waals surface area contributed by atoms with Gasteiger partial charge in [-0.05, 0) is 61.0 Å². The molecule has 5 nitrogen and oxygen atoms in total. The molecule has 0 fully saturated rings. The molecular weight excluding hydrogens is 465 g/mol. The van der Waals surface area contributed by atoms with Crippen molar-refractivity contribution in [2.24, 2.45) is 0 Å². The van der Waals surface area contributed by atoms with Gasteiger partial charge >= 0.3 is 6.36 Å². The number of nitrogens with zero attached hydrogens (tertiary/aromatic N) is 1. The summed E-state index contributed by atoms with van der Waals surface area (Å²) in [6.45, 7) is 2.05. The van der Waals surface area contributed by atoms with E-state index in [0.717, 1.165) is 22.2 Å². The van der Waals surface area contributed by atoms with Gasteiger partial charge in [-0.25, -0.2) is 0 Å². The summed E-state index contributed by atoms with van der Waals surface area (Å²) >= 11 is 3.39. The van der Waals surface area contributed by atoms with Gasteiger partial charge in [0.05, 0.1) is 6.54 Å². The second-order valence-electron chi connectivity index (χ2n) is 6.44. The number of benzene rings is 2. The van der Waals surface area contributed by atoms with Gasteiger partial charge in [0, 0.05) is 15.9 Å². The third-order valence-electron chi connectivity index (χ3n) is 4.21. The molecule has 0 unspecified atom stereocenters. The molecule has 1 heterocycles. The van der Waals surface area contributed by atoms with E-state index in [4.69, 9.17) is 0 Å². The third-order valence-corrected chi connectivity index (χ3v) is 4.71. The molecule has 3 aromatic rings. The molecule has 1 aromatic heterocycles. The quantitative estimate of drug-likeness (QED) is 0.551. The summed E-state index contributed by atoms with van der Waals surface area (Å²) in [6.07, 6.45) is -4.80. The number of hydrogen-bond acceptors (Lipinski definition) is 3. The van der Waals surface area contributed by atoms with Crippen molar-refractivity contribution in [2.45, 2.75) is 19.8 Å². The van der Waals surface area contributed by atoms with E-state index in [0.29, 0.717) is 5.69 Å². The molecule has 0 aliphatic carbocycles. The van der Waals surface area contributed by atoms with Crippen LogP contribution in [0.2, 0.25) is 0 Å². The Balaban J connectivity index is 1.80. The number of aromatic nitrogens is 1. The van der Waals surface area contributed by atoms with Crippen LogP contribution in [0.1, 0.15) is 21.6 Å². The summed E-state index contributed by atoms with van der Waals surface area (Å²) in [5.41, 5.74) is 1.25. The van der Waals surface area contributed by atoms with Gasteiger partial charge in [0.2, 0.25) is 0 Å². The van der Waals surface area contributed by atoms with Gasteiger partial charge in [-0.3, -0.25) is 9.59 Å². The number of aryl methyl sites for hydroxylation is 1. The minimum atomic E-state index is -4.80. The lowest BCUT2D eigenvalue weighted by atomic mass is 10.2. The second-order valence-corrected chi connectivity index (χ2v) is 7.35. The van der Waals surface area contributed by atoms with Crippen LogP contribution in [0.4, 0.5) is 18.9 Å². The van der Waals surface area contributed by atoms with Crippen LogP contribution in [-0.2, 0) is 6.54 Å². The lowest BCUT2D eigenvalue weighted by molar-refractivity contribution is -0.274. The molecule has 0 saturated carbocycles. The summed E-state index contributed by atoms with van der Waals surface area (Å²) in [5.74, 6) is -1.07. The molecule has 0 saturated heterocycles. The minimum Gasteiger partial charge on any atom is -0.406 e. The van der Waals surface area contributed by atoms with Crippen molar-refractivity contribution in [3.05, 3.63) is 92.3 Å². The van der Waals surface area contributed by atoms with Crippen LogP contribution in [0.3, 0.4) is 0 Å². The number of halogens is 4. The van der Waals surface area contributed by atoms with Gasteiger partial charge in [0.1, 0.15) is 11.3 Å². The predicted molar refractivity (Wildman–Crippen MR) is 110 cm³/mol. The Morgan fingerprint density at radius 2 is 1.80 bits per heavy atom. The van der Waals surface area contributed by atoms with Gasteiger partial charge in [-0.15, -0.1) is 13.2 Å². The predicted octanol–water partition coefficient (Wildman–Crippen LogP) is 5.12. The van der Waals surface area contributed by atoms with Crippen molar-refractivity contribution in [1.29, 1.82) is 0 Å². The van der Waals surface area contributed by atoms with Crippen LogP contribution in [0, 0.1) is 6.92 Å². The Morgan fingerprint density at radius 1 is 1.10 bits per heavy atom. The maximum Gasteiger partial charge on any atom is 0.573 e. The number of alkyl halides is 3. The molecule has 1 N–H and O–H groups in total. The molecule has 30 heavy (non-hydrogen) atoms. The molecule has 0 aliphatic heterocycles. The summed E-state index contributed by atoms with van der Waals surface area (Å²) in [5, 5.41) is 2.51. The standard InChI is InChI=1S/C21H16BrF3N2O3/c1-13-5-10-18(20(29)27(13)12-14-3-2-4-15(22)11-14)19(28)26-16-6-8-17(9-7-16)30-21(23,24)25/h2-11H,12H2,1H3,(H,26,28). The first kappa shape index (κ1) is 21.6. The first-order chi connectivity index (χ1) is 14.1. The molecule has 0 spiro atoms. The maximum absolute atomic E-state index is 12.9. The minimum absolute atomic E-state index is 0.0776. The van der Waals surface area contributed by atoms with Gasteiger partial charge in [0.15, 0.2) is 0 Å². The zero-order chi connectivity index (χ0) is 21.9. The molecule has 0 radical (unpaired) electrons. The largest absolute Gasteiger partial charge is 0.573 e. The van der Waals surface area contributed by atoms with Crippen molar-refractivity contribution in [3.63, 3.8) is 0 Å². The Bertz CT molecular complexity index is 1130. The van der Waals surface area contributed by atoms with Crippen LogP contribution >= 0.6 is 15.9 Å². The summed E-state index contributed by atoms with van der Waals surface area (Å²) in [7, 11) is 0. The van der Waals surface area contributed by atoms with Gasteiger partial charge in [-0.1, -0.05) is 28.1 Å². The summed E-state index contributed by atoms with van der Waals surface area (Å²) in [6, 6.07) is 15.2. The molecule has 3 rings (SSSR count). The van der Waals surface area contributed by atoms with Crippen molar-refractivity contribution in [2.75, 3.05) is 5.32 Å². The Kier molecular flexibility index (Phi) is 6.31. The fraction of sp³-hybridized carbons (Fsp3) is 0.143. The highest BCUT2D eigenvalue weighted by Crippen LogP contribution is 2.24. The molecule has 2 aromatic carbocycles. The normalized spacial score (nSPS) is 11.2. The topological polar surface area (TPSA) is 60.3 Å². The average Bonchev–Trinajstić information content (AvgIpc) is 2.65. The van der Waals surface area contributed by atoms with Gasteiger partial charge < -0.3 is 14.6 Å². The highest BCUT2D eigenvalue weighted by molar-refractivity contribution is 9.10. The Hall–Kier alpha value is -3.07. The third kappa shape index (κ3) is 5.50. The fourth-order valence-electron chi connectivity index (χ4n) is 2.80. The van der Waals surface area contributed by atoms with Crippen LogP contribution in [0.15, 0.2) is 69.9 Å². The SMILES string of the molecule is Cc1ccc(C(=O)Nc2ccc(OC(F)(F)F)cc2)c(=O)n1Cc1cccc(Br)c1. The lowest BCUT2D eigenvalue weighted by Gasteiger charge is -2.13. The first-order valence-electron chi connectivity index (χ1n) is 8.74. The van der Waals surface area contributed by atoms with E-state index in [9.17, 15) is 22.8 Å². The van der Waals surface area contributed by atoms with Crippen LogP contribution in [0.25, 0.3) is 0 Å². The number of pyridine rings is 1. The van der Waals surface area contributed by atoms with Crippen molar-refractivity contribution < 1.29 is 22.7 Å². The molecule has 0 aliphatic rings. The Morgan fingerprint density at radius 3 is 2.43 bits per heavy atom. The maximum atomic E-state index is 12.9. The number of hydrogen-bond donors (Lipinski definition) is 1. The first-order valence-corrected chi connectivity index (χ1v) is 9.54. The van der Waals surface area contributed by atoms with E-state index in [2.05, 4.69) is 26.0 Å². The van der Waals surface area contributed by atoms with Crippen molar-refractivity contribution >= 4 is 27.5 Å². The highest BCUT2D eigenvalue weighted by Gasteiger charge is 2.31. The van der Waals surface area contributed by atoms with Crippen molar-refractivity contribution in [1.82, 2.24) is 4.57 Å². The molecule has 156 valence electrons. The number of carbonyl (C=O) groups is 1. The van der Waals surface area contributed by atoms with Crippen LogP contribution < -0.4 is 15.6 Å². The van der Waals surface area contributed by atoms with Gasteiger partial charge in [0.25, 0.3) is 11.5 Å². The fourth-order valence-corrected chi connectivity index (χ4v) is 3.24. The van der Waals surface area contributed by atoms with E-state index in [-0.39, 0.29) is 17.8 Å². The highest BCUT2D eigenvalue weighted by atomic mass is 79.9. The molecule has 0 atom stereocenters. The number of amides is 1. The average molecular weight is 481 g/mol. The van der Waals surface area contributed by atoms with Gasteiger partial charge in [-0.2, -0.15) is 0 Å². The number of carbonyl (C=O) groups excluding carboxylic acids is 1. The summed E-state index contributed by atoms with van der Waals surface area (Å²) < 4.78 is 42.9. The monoisotopic (exact) mass is 480 g/mol. The number of ether oxygens (including phenoxy) is 1. The van der Waals surface area contributed by atoms with E-state index in [1.807, 2.05) is 24.3 Å². The Labute approximate surface area is 178 Å². The molecule has 0 bridgehead atoms.